The van der Waals surface area contributed by atoms with Gasteiger partial charge in [-0.2, -0.15) is 0 Å². The molecule has 5 aliphatic carbocycles. The number of methoxy groups -OCH3 is 2. The highest BCUT2D eigenvalue weighted by atomic mass is 16.5. The average Bonchev–Trinajstić information content (AvgIpc) is 0.774. The maximum absolute atomic E-state index is 11.8. The fourth-order valence-electron chi connectivity index (χ4n) is 15.6. The maximum Gasteiger partial charge on any atom is 0.182 e. The molecule has 0 fully saturated rings. The number of para-hydroxylation sites is 1. The number of aromatic hydroxyl groups is 5. The van der Waals surface area contributed by atoms with Gasteiger partial charge >= 0.3 is 0 Å². The predicted octanol–water partition coefficient (Wildman–Crippen LogP) is 23.2. The summed E-state index contributed by atoms with van der Waals surface area (Å²) in [6.45, 7) is 12.3. The van der Waals surface area contributed by atoms with Crippen molar-refractivity contribution in [1.29, 1.82) is 0 Å². The van der Waals surface area contributed by atoms with Crippen molar-refractivity contribution in [2.24, 2.45) is 0 Å². The van der Waals surface area contributed by atoms with E-state index in [1.807, 2.05) is 97.9 Å². The highest BCUT2D eigenvalue weighted by Crippen LogP contribution is 2.49. The number of hydrogen-bond donors (Lipinski definition) is 5. The van der Waals surface area contributed by atoms with Crippen molar-refractivity contribution in [1.82, 2.24) is 0 Å². The summed E-state index contributed by atoms with van der Waals surface area (Å²) in [7, 11) is 3.26. The summed E-state index contributed by atoms with van der Waals surface area (Å²) >= 11 is 0. The maximum atomic E-state index is 11.8. The molecule has 17 heteroatoms. The summed E-state index contributed by atoms with van der Waals surface area (Å²) in [6, 6.07) is 83.6. The van der Waals surface area contributed by atoms with E-state index in [2.05, 4.69) is 83.1 Å². The molecule has 17 nitrogen and oxygen atoms in total. The minimum Gasteiger partial charge on any atom is -0.508 e. The van der Waals surface area contributed by atoms with Crippen molar-refractivity contribution < 1.29 is 57.1 Å². The molecule has 5 aliphatic heterocycles. The van der Waals surface area contributed by atoms with Crippen LogP contribution in [0.4, 0.5) is 0 Å². The summed E-state index contributed by atoms with van der Waals surface area (Å²) in [6.07, 6.45) is 0. The molecule has 0 saturated carbocycles. The molecule has 10 aromatic carbocycles. The minimum atomic E-state index is -0.128. The van der Waals surface area contributed by atoms with Crippen LogP contribution in [0.1, 0.15) is 33.4 Å². The van der Waals surface area contributed by atoms with E-state index in [0.717, 1.165) is 150 Å². The van der Waals surface area contributed by atoms with Gasteiger partial charge in [-0.3, -0.25) is 24.0 Å². The first-order valence-electron chi connectivity index (χ1n) is 38.4. The van der Waals surface area contributed by atoms with Crippen molar-refractivity contribution >= 4 is 54.8 Å². The Labute approximate surface area is 686 Å². The number of aryl methyl sites for hydroxylation is 6. The zero-order chi connectivity index (χ0) is 83.9. The van der Waals surface area contributed by atoms with E-state index >= 15 is 0 Å². The Hall–Kier alpha value is -15.8. The zero-order valence-electron chi connectivity index (χ0n) is 66.3. The molecule has 120 heavy (non-hydrogen) atoms. The molecule has 20 rings (SSSR count). The Morgan fingerprint density at radius 2 is 0.508 bits per heavy atom. The summed E-state index contributed by atoms with van der Waals surface area (Å²) in [5.41, 5.74) is 23.5. The quantitative estimate of drug-likeness (QED) is 0.0928. The number of fused-ring (bicyclic) bond motifs is 10. The molecule has 0 saturated heterocycles. The van der Waals surface area contributed by atoms with Crippen LogP contribution in [0, 0.1) is 41.5 Å². The monoisotopic (exact) mass is 1580 g/mol. The van der Waals surface area contributed by atoms with E-state index in [9.17, 15) is 49.5 Å². The van der Waals surface area contributed by atoms with Crippen LogP contribution in [0.5, 0.6) is 40.2 Å². The van der Waals surface area contributed by atoms with E-state index in [1.165, 1.54) is 48.0 Å². The van der Waals surface area contributed by atoms with Gasteiger partial charge in [0.25, 0.3) is 0 Å². The van der Waals surface area contributed by atoms with Crippen LogP contribution >= 0.6 is 0 Å². The Morgan fingerprint density at radius 3 is 0.850 bits per heavy atom. The van der Waals surface area contributed by atoms with Gasteiger partial charge < -0.3 is 57.1 Å². The molecular weight excluding hydrogens is 1510 g/mol. The lowest BCUT2D eigenvalue weighted by Gasteiger charge is -2.17. The molecule has 0 amide bonds. The molecule has 5 heterocycles. The van der Waals surface area contributed by atoms with Crippen LogP contribution in [-0.2, 0) is 0 Å². The number of rotatable bonds is 7. The summed E-state index contributed by atoms with van der Waals surface area (Å²) in [5.74, 6) is 4.68. The van der Waals surface area contributed by atoms with Crippen LogP contribution in [0.3, 0.4) is 0 Å². The first-order valence-corrected chi connectivity index (χ1v) is 38.4. The van der Waals surface area contributed by atoms with Gasteiger partial charge in [-0.1, -0.05) is 96.1 Å². The van der Waals surface area contributed by atoms with Crippen LogP contribution in [-0.4, -0.2) is 39.8 Å². The topological polar surface area (TPSA) is 271 Å². The Bertz CT molecular complexity index is 7540. The molecule has 0 atom stereocenters. The number of benzene rings is 15. The van der Waals surface area contributed by atoms with Crippen molar-refractivity contribution in [2.45, 2.75) is 41.5 Å². The molecule has 0 spiro atoms. The molecule has 10 aromatic rings. The molecule has 0 bridgehead atoms. The number of phenolic OH excluding ortho intramolecular Hbond substituents is 5. The van der Waals surface area contributed by atoms with E-state index in [-0.39, 0.29) is 55.9 Å². The van der Waals surface area contributed by atoms with E-state index in [0.29, 0.717) is 56.7 Å². The van der Waals surface area contributed by atoms with Crippen LogP contribution in [0.25, 0.3) is 167 Å². The van der Waals surface area contributed by atoms with Crippen LogP contribution in [0.15, 0.2) is 331 Å². The van der Waals surface area contributed by atoms with Crippen molar-refractivity contribution in [2.75, 3.05) is 14.2 Å². The van der Waals surface area contributed by atoms with Gasteiger partial charge in [0.15, 0.2) is 27.1 Å². The Balaban J connectivity index is 0.000000112. The minimum absolute atomic E-state index is 0.0994. The third-order valence-electron chi connectivity index (χ3n) is 21.2. The summed E-state index contributed by atoms with van der Waals surface area (Å²) in [5, 5.41) is 53.3. The second-order valence-corrected chi connectivity index (χ2v) is 29.4. The molecule has 590 valence electrons. The smallest absolute Gasteiger partial charge is 0.182 e. The van der Waals surface area contributed by atoms with Crippen molar-refractivity contribution in [3.05, 3.63) is 370 Å². The van der Waals surface area contributed by atoms with E-state index in [1.54, 1.807) is 117 Å². The normalized spacial score (nSPS) is 11.2. The van der Waals surface area contributed by atoms with Gasteiger partial charge in [0.2, 0.25) is 0 Å². The fourth-order valence-corrected chi connectivity index (χ4v) is 15.6. The largest absolute Gasteiger partial charge is 0.508 e. The van der Waals surface area contributed by atoms with Gasteiger partial charge in [-0.05, 0) is 226 Å². The number of phenols is 5. The first-order chi connectivity index (χ1) is 57.9. The SMILES string of the molecule is COc1ccc(-c2c3ccc(=O)cc-3oc3cc(O)ccc23)c(C)c1.COc1ccccc1-c1c2ccc(=O)cc-2oc2cc(O)ccc12.Cc1ccc(-c2c3ccc(=O)cc-3oc3cc(O)ccc23)c(C)c1.Cc1ccc(C)c(-c2c3ccc(=O)cc-3oc3cc(O)ccc23)c1.Cc1ccccc1-c1c2ccc(=O)cc-2oc2cc(O)ccc12. The van der Waals surface area contributed by atoms with Crippen molar-refractivity contribution in [3.8, 4) is 152 Å². The molecule has 0 unspecified atom stereocenters. The molecular formula is C103H76O17. The lowest BCUT2D eigenvalue weighted by Crippen LogP contribution is -2.00. The average molecular weight is 1590 g/mol. The van der Waals surface area contributed by atoms with Gasteiger partial charge in [0.05, 0.1) is 14.2 Å². The zero-order valence-corrected chi connectivity index (χ0v) is 66.3. The summed E-state index contributed by atoms with van der Waals surface area (Å²) < 4.78 is 40.1. The Morgan fingerprint density at radius 1 is 0.225 bits per heavy atom. The molecule has 0 aromatic heterocycles. The second-order valence-electron chi connectivity index (χ2n) is 29.4. The summed E-state index contributed by atoms with van der Waals surface area (Å²) in [4.78, 5) is 58.7. The standard InChI is InChI=1S/C21H16O4.2C21H16O3.C20H14O4.C20H14O3/c1-12-9-15(24-2)5-8-16(12)21-17-6-3-13(22)10-19(17)25-20-11-14(23)4-7-18(20)21;1-12-3-6-16(13(2)9-12)21-17-7-4-14(22)10-19(17)24-20-11-15(23)5-8-18(20)21;1-12-3-4-13(2)18(9-12)21-16-7-5-14(22)10-19(16)24-20-11-15(23)6-8-17(20)21;1-23-17-5-3-2-4-14(17)20-15-8-6-12(21)10-18(15)24-19-11-13(22)7-9-16(19)20;1-12-4-2-3-5-15(12)20-16-8-6-13(21)10-18(16)23-19-11-14(22)7-9-17(19)20/h3-11,22H,1-2H3;2*3-11,22H,1-2H3;2-11,21H,1H3;2-11,21H,1H3. The fraction of sp³-hybridized carbons (Fsp3) is 0.0777. The second kappa shape index (κ2) is 32.5. The van der Waals surface area contributed by atoms with Gasteiger partial charge in [-0.25, -0.2) is 0 Å². The first kappa shape index (κ1) is 78.2. The highest BCUT2D eigenvalue weighted by molar-refractivity contribution is 6.08. The predicted molar refractivity (Wildman–Crippen MR) is 473 cm³/mol. The van der Waals surface area contributed by atoms with E-state index in [4.69, 9.17) is 31.6 Å². The Kier molecular flexibility index (Phi) is 21.2. The lowest BCUT2D eigenvalue weighted by atomic mass is 9.90. The third kappa shape index (κ3) is 15.6. The van der Waals surface area contributed by atoms with Gasteiger partial charge in [0, 0.05) is 149 Å². The lowest BCUT2D eigenvalue weighted by molar-refractivity contribution is 0.414. The highest BCUT2D eigenvalue weighted by Gasteiger charge is 2.26. The third-order valence-corrected chi connectivity index (χ3v) is 21.2. The van der Waals surface area contributed by atoms with E-state index < -0.39 is 0 Å². The van der Waals surface area contributed by atoms with Gasteiger partial charge in [-0.15, -0.1) is 0 Å². The van der Waals surface area contributed by atoms with Crippen LogP contribution < -0.4 is 36.6 Å². The van der Waals surface area contributed by atoms with Gasteiger partial charge in [0.1, 0.15) is 97.0 Å². The van der Waals surface area contributed by atoms with Crippen LogP contribution in [0.2, 0.25) is 0 Å². The molecule has 5 N–H and O–H groups in total. The molecule has 10 aliphatic rings. The number of ether oxygens (including phenoxy) is 2. The van der Waals surface area contributed by atoms with Crippen molar-refractivity contribution in [3.63, 3.8) is 0 Å². The molecule has 0 radical (unpaired) electrons. The number of hydrogen-bond acceptors (Lipinski definition) is 17.